The zero-order valence-corrected chi connectivity index (χ0v) is 15.6. The number of nitrogens with zero attached hydrogens (tertiary/aromatic N) is 1. The molecule has 0 saturated carbocycles. The molecule has 4 rings (SSSR count). The molecular formula is C18H12Cl2N2O3S. The van der Waals surface area contributed by atoms with Crippen molar-refractivity contribution in [3.05, 3.63) is 57.4 Å². The molecule has 1 amide bonds. The van der Waals surface area contributed by atoms with Crippen LogP contribution in [-0.2, 0) is 11.2 Å². The number of fused-ring (bicyclic) bond motifs is 1. The van der Waals surface area contributed by atoms with Gasteiger partial charge in [-0.25, -0.2) is 4.98 Å². The fourth-order valence-corrected chi connectivity index (χ4v) is 3.66. The average molecular weight is 407 g/mol. The highest BCUT2D eigenvalue weighted by Gasteiger charge is 2.15. The van der Waals surface area contributed by atoms with Crippen LogP contribution in [0.1, 0.15) is 5.56 Å². The maximum Gasteiger partial charge on any atom is 0.231 e. The van der Waals surface area contributed by atoms with E-state index in [2.05, 4.69) is 10.3 Å². The zero-order chi connectivity index (χ0) is 18.1. The molecule has 0 fully saturated rings. The molecule has 0 saturated heterocycles. The van der Waals surface area contributed by atoms with Crippen LogP contribution in [0.25, 0.3) is 11.3 Å². The van der Waals surface area contributed by atoms with E-state index >= 15 is 0 Å². The average Bonchev–Trinajstić information content (AvgIpc) is 3.25. The van der Waals surface area contributed by atoms with Gasteiger partial charge in [-0.2, -0.15) is 0 Å². The molecule has 132 valence electrons. The van der Waals surface area contributed by atoms with Crippen LogP contribution in [0.5, 0.6) is 11.5 Å². The first-order valence-electron chi connectivity index (χ1n) is 7.68. The van der Waals surface area contributed by atoms with Crippen molar-refractivity contribution < 1.29 is 14.3 Å². The molecule has 0 bridgehead atoms. The molecule has 0 aliphatic carbocycles. The number of hydrogen-bond donors (Lipinski definition) is 1. The summed E-state index contributed by atoms with van der Waals surface area (Å²) in [4.78, 5) is 16.7. The Bertz CT molecular complexity index is 990. The van der Waals surface area contributed by atoms with Crippen LogP contribution < -0.4 is 14.8 Å². The summed E-state index contributed by atoms with van der Waals surface area (Å²) in [6, 6.07) is 10.6. The number of carbonyl (C=O) groups excluding carboxylic acids is 1. The minimum atomic E-state index is -0.165. The van der Waals surface area contributed by atoms with E-state index in [1.165, 1.54) is 11.3 Å². The van der Waals surface area contributed by atoms with Crippen molar-refractivity contribution >= 4 is 45.6 Å². The first-order chi connectivity index (χ1) is 12.6. The van der Waals surface area contributed by atoms with Gasteiger partial charge in [-0.15, -0.1) is 11.3 Å². The van der Waals surface area contributed by atoms with Crippen molar-refractivity contribution in [3.8, 4) is 22.8 Å². The molecule has 8 heteroatoms. The Morgan fingerprint density at radius 3 is 2.88 bits per heavy atom. The Balaban J connectivity index is 1.45. The summed E-state index contributed by atoms with van der Waals surface area (Å²) < 4.78 is 10.6. The van der Waals surface area contributed by atoms with Gasteiger partial charge in [-0.1, -0.05) is 29.3 Å². The highest BCUT2D eigenvalue weighted by Crippen LogP contribution is 2.34. The molecule has 1 aliphatic rings. The van der Waals surface area contributed by atoms with Crippen LogP contribution in [0.4, 0.5) is 5.13 Å². The molecule has 0 atom stereocenters. The summed E-state index contributed by atoms with van der Waals surface area (Å²) in [6.45, 7) is 0.207. The van der Waals surface area contributed by atoms with Crippen LogP contribution in [0.15, 0.2) is 41.8 Å². The van der Waals surface area contributed by atoms with Gasteiger partial charge >= 0.3 is 0 Å². The second-order valence-electron chi connectivity index (χ2n) is 5.57. The van der Waals surface area contributed by atoms with Gasteiger partial charge in [0.05, 0.1) is 17.1 Å². The summed E-state index contributed by atoms with van der Waals surface area (Å²) in [7, 11) is 0. The number of hydrogen-bond acceptors (Lipinski definition) is 5. The molecule has 0 unspecified atom stereocenters. The maximum atomic E-state index is 12.3. The van der Waals surface area contributed by atoms with Crippen molar-refractivity contribution in [3.63, 3.8) is 0 Å². The van der Waals surface area contributed by atoms with E-state index in [0.717, 1.165) is 11.1 Å². The fourth-order valence-electron chi connectivity index (χ4n) is 2.55. The Labute approximate surface area is 163 Å². The number of aromatic nitrogens is 1. The largest absolute Gasteiger partial charge is 0.454 e. The van der Waals surface area contributed by atoms with Gasteiger partial charge < -0.3 is 14.8 Å². The second-order valence-corrected chi connectivity index (χ2v) is 7.28. The number of rotatable bonds is 4. The Morgan fingerprint density at radius 1 is 1.15 bits per heavy atom. The molecule has 0 radical (unpaired) electrons. The van der Waals surface area contributed by atoms with Crippen molar-refractivity contribution in [2.45, 2.75) is 6.42 Å². The smallest absolute Gasteiger partial charge is 0.231 e. The van der Waals surface area contributed by atoms with E-state index in [9.17, 15) is 4.79 Å². The molecule has 5 nitrogen and oxygen atoms in total. The van der Waals surface area contributed by atoms with E-state index in [0.29, 0.717) is 32.4 Å². The van der Waals surface area contributed by atoms with Crippen LogP contribution in [0, 0.1) is 0 Å². The SMILES string of the molecule is O=C(Cc1ccc2c(c1)OCO2)Nc1nc(-c2cc(Cl)ccc2Cl)cs1. The van der Waals surface area contributed by atoms with Crippen LogP contribution in [-0.4, -0.2) is 17.7 Å². The third kappa shape index (κ3) is 3.62. The third-order valence-corrected chi connectivity index (χ3v) is 5.08. The highest BCUT2D eigenvalue weighted by atomic mass is 35.5. The predicted molar refractivity (Wildman–Crippen MR) is 102 cm³/mol. The zero-order valence-electron chi connectivity index (χ0n) is 13.3. The Kier molecular flexibility index (Phi) is 4.72. The minimum absolute atomic E-state index is 0.165. The predicted octanol–water partition coefficient (Wildman–Crippen LogP) is 5.03. The van der Waals surface area contributed by atoms with Gasteiger partial charge in [-0.3, -0.25) is 4.79 Å². The summed E-state index contributed by atoms with van der Waals surface area (Å²) in [5.74, 6) is 1.18. The molecule has 1 aliphatic heterocycles. The van der Waals surface area contributed by atoms with Crippen LogP contribution >= 0.6 is 34.5 Å². The van der Waals surface area contributed by atoms with E-state index < -0.39 is 0 Å². The van der Waals surface area contributed by atoms with E-state index in [1.807, 2.05) is 11.4 Å². The summed E-state index contributed by atoms with van der Waals surface area (Å²) in [5, 5.41) is 6.26. The standard InChI is InChI=1S/C18H12Cl2N2O3S/c19-11-2-3-13(20)12(7-11)14-8-26-18(21-14)22-17(23)6-10-1-4-15-16(5-10)25-9-24-15/h1-5,7-8H,6,9H2,(H,21,22,23). The lowest BCUT2D eigenvalue weighted by Gasteiger charge is -2.04. The summed E-state index contributed by atoms with van der Waals surface area (Å²) >= 11 is 13.5. The molecule has 1 aromatic heterocycles. The number of thiazole rings is 1. The lowest BCUT2D eigenvalue weighted by atomic mass is 10.1. The van der Waals surface area contributed by atoms with Crippen molar-refractivity contribution in [2.75, 3.05) is 12.1 Å². The van der Waals surface area contributed by atoms with Gasteiger partial charge in [-0.05, 0) is 35.9 Å². The fraction of sp³-hybridized carbons (Fsp3) is 0.111. The number of halogens is 2. The van der Waals surface area contributed by atoms with Crippen molar-refractivity contribution in [2.24, 2.45) is 0 Å². The van der Waals surface area contributed by atoms with E-state index in [1.54, 1.807) is 30.3 Å². The molecule has 26 heavy (non-hydrogen) atoms. The first-order valence-corrected chi connectivity index (χ1v) is 9.31. The Morgan fingerprint density at radius 2 is 2.00 bits per heavy atom. The molecule has 0 spiro atoms. The topological polar surface area (TPSA) is 60.5 Å². The molecule has 1 N–H and O–H groups in total. The monoisotopic (exact) mass is 406 g/mol. The van der Waals surface area contributed by atoms with Gasteiger partial charge in [0.15, 0.2) is 16.6 Å². The summed E-state index contributed by atoms with van der Waals surface area (Å²) in [6.07, 6.45) is 0.212. The normalized spacial score (nSPS) is 12.2. The second kappa shape index (κ2) is 7.15. The van der Waals surface area contributed by atoms with Gasteiger partial charge in [0.1, 0.15) is 0 Å². The van der Waals surface area contributed by atoms with E-state index in [-0.39, 0.29) is 19.1 Å². The molecule has 2 aromatic carbocycles. The number of carbonyl (C=O) groups is 1. The van der Waals surface area contributed by atoms with Gasteiger partial charge in [0, 0.05) is 16.0 Å². The molecule has 3 aromatic rings. The highest BCUT2D eigenvalue weighted by molar-refractivity contribution is 7.14. The van der Waals surface area contributed by atoms with Crippen molar-refractivity contribution in [1.82, 2.24) is 4.98 Å². The maximum absolute atomic E-state index is 12.3. The minimum Gasteiger partial charge on any atom is -0.454 e. The number of ether oxygens (including phenoxy) is 2. The lowest BCUT2D eigenvalue weighted by molar-refractivity contribution is -0.115. The number of benzene rings is 2. The first kappa shape index (κ1) is 17.1. The lowest BCUT2D eigenvalue weighted by Crippen LogP contribution is -2.14. The third-order valence-electron chi connectivity index (χ3n) is 3.76. The van der Waals surface area contributed by atoms with Crippen LogP contribution in [0.2, 0.25) is 10.0 Å². The summed E-state index contributed by atoms with van der Waals surface area (Å²) in [5.41, 5.74) is 2.23. The number of nitrogens with one attached hydrogen (secondary N) is 1. The van der Waals surface area contributed by atoms with Gasteiger partial charge in [0.25, 0.3) is 0 Å². The quantitative estimate of drug-likeness (QED) is 0.659. The van der Waals surface area contributed by atoms with Crippen LogP contribution in [0.3, 0.4) is 0 Å². The Hall–Kier alpha value is -2.28. The van der Waals surface area contributed by atoms with Crippen molar-refractivity contribution in [1.29, 1.82) is 0 Å². The number of amides is 1. The molecule has 2 heterocycles. The van der Waals surface area contributed by atoms with Gasteiger partial charge in [0.2, 0.25) is 12.7 Å². The van der Waals surface area contributed by atoms with E-state index in [4.69, 9.17) is 32.7 Å². The molecular weight excluding hydrogens is 395 g/mol. The number of anilines is 1.